The van der Waals surface area contributed by atoms with Crippen LogP contribution in [0.1, 0.15) is 0 Å². The van der Waals surface area contributed by atoms with Crippen molar-refractivity contribution in [1.29, 1.82) is 21.0 Å². The third kappa shape index (κ3) is 55.7. The average Bonchev–Trinajstić information content (AvgIpc) is 1.93. The summed E-state index contributed by atoms with van der Waals surface area (Å²) < 4.78 is 0. The van der Waals surface area contributed by atoms with E-state index in [1.54, 1.807) is 23.9 Å². The molecule has 11 heavy (non-hydrogen) atoms. The molecule has 0 saturated carbocycles. The molecule has 4 nitrogen and oxygen atoms in total. The molecular weight excluding hydrogens is 184 g/mol. The van der Waals surface area contributed by atoms with E-state index < -0.39 is 14.6 Å². The van der Waals surface area contributed by atoms with Gasteiger partial charge in [-0.25, -0.2) is 21.0 Å². The number of nitriles is 4. The van der Waals surface area contributed by atoms with Crippen LogP contribution in [0.3, 0.4) is 0 Å². The second kappa shape index (κ2) is 23.5. The van der Waals surface area contributed by atoms with Crippen molar-refractivity contribution in [2.75, 3.05) is 0 Å². The van der Waals surface area contributed by atoms with Crippen LogP contribution in [-0.4, -0.2) is 14.6 Å². The van der Waals surface area contributed by atoms with Crippen molar-refractivity contribution in [3.63, 3.8) is 0 Å². The second-order valence-corrected chi connectivity index (χ2v) is 1.39. The SMILES string of the molecule is N#C[BH2-]C#N.N#C[BH2-]C#N.[Ni+2]. The number of nitrogens with zero attached hydrogens (tertiary/aromatic N) is 4. The molecular formula is C4H4B2N4Ni. The maximum Gasteiger partial charge on any atom is 2.00 e. The standard InChI is InChI=1S/2C2H2BN2.Ni/c2*4-1-3-2-5;/h2*3H2;/q2*-1;+2. The van der Waals surface area contributed by atoms with E-state index in [4.69, 9.17) is 21.0 Å². The summed E-state index contributed by atoms with van der Waals surface area (Å²) in [5, 5.41) is 30.6. The fourth-order valence-corrected chi connectivity index (χ4v) is 0.100. The molecule has 0 spiro atoms. The van der Waals surface area contributed by atoms with Crippen LogP contribution in [-0.2, 0) is 16.5 Å². The molecule has 0 aliphatic rings. The molecule has 0 fully saturated rings. The van der Waals surface area contributed by atoms with Crippen molar-refractivity contribution < 1.29 is 16.5 Å². The van der Waals surface area contributed by atoms with Gasteiger partial charge in [0.1, 0.15) is 0 Å². The van der Waals surface area contributed by atoms with Gasteiger partial charge in [0.15, 0.2) is 14.6 Å². The van der Waals surface area contributed by atoms with Gasteiger partial charge < -0.3 is 0 Å². The Bertz CT molecular complexity index is 176. The molecule has 0 N–H and O–H groups in total. The fourth-order valence-electron chi connectivity index (χ4n) is 0.100. The van der Waals surface area contributed by atoms with Crippen LogP contribution in [0.25, 0.3) is 0 Å². The monoisotopic (exact) mass is 188 g/mol. The van der Waals surface area contributed by atoms with Crippen LogP contribution in [0.5, 0.6) is 0 Å². The minimum absolute atomic E-state index is 0. The van der Waals surface area contributed by atoms with Gasteiger partial charge in [-0.3, -0.25) is 0 Å². The van der Waals surface area contributed by atoms with Gasteiger partial charge in [0.05, 0.1) is 0 Å². The van der Waals surface area contributed by atoms with Crippen molar-refractivity contribution in [2.45, 2.75) is 0 Å². The van der Waals surface area contributed by atoms with Crippen molar-refractivity contribution in [2.24, 2.45) is 0 Å². The Balaban J connectivity index is -0.000000107. The molecule has 0 saturated heterocycles. The largest absolute Gasteiger partial charge is 2.00 e. The van der Waals surface area contributed by atoms with Crippen molar-refractivity contribution in [3.05, 3.63) is 0 Å². The summed E-state index contributed by atoms with van der Waals surface area (Å²) in [4.78, 5) is 0. The molecule has 0 aliphatic heterocycles. The number of hydrogen-bond donors (Lipinski definition) is 0. The molecule has 0 atom stereocenters. The zero-order valence-electron chi connectivity index (χ0n) is 6.11. The third-order valence-electron chi connectivity index (χ3n) is 0.447. The maximum absolute atomic E-state index is 7.65. The molecule has 0 radical (unpaired) electrons. The zero-order valence-corrected chi connectivity index (χ0v) is 7.09. The van der Waals surface area contributed by atoms with E-state index >= 15 is 0 Å². The number of rotatable bonds is 0. The molecule has 56 valence electrons. The molecule has 0 aromatic rings. The van der Waals surface area contributed by atoms with Gasteiger partial charge in [-0.1, -0.05) is 0 Å². The van der Waals surface area contributed by atoms with Gasteiger partial charge in [0.2, 0.25) is 0 Å². The van der Waals surface area contributed by atoms with Crippen LogP contribution < -0.4 is 0 Å². The first kappa shape index (κ1) is 16.3. The van der Waals surface area contributed by atoms with Crippen LogP contribution in [0.2, 0.25) is 0 Å². The Morgan fingerprint density at radius 3 is 0.818 bits per heavy atom. The van der Waals surface area contributed by atoms with Crippen molar-refractivity contribution in [1.82, 2.24) is 0 Å². The van der Waals surface area contributed by atoms with Crippen molar-refractivity contribution in [3.8, 4) is 23.9 Å². The van der Waals surface area contributed by atoms with Gasteiger partial charge in [0.25, 0.3) is 0 Å². The molecule has 0 unspecified atom stereocenters. The smallest absolute Gasteiger partial charge is 0.249 e. The van der Waals surface area contributed by atoms with Crippen LogP contribution in [0, 0.1) is 44.9 Å². The topological polar surface area (TPSA) is 95.2 Å². The molecule has 0 heterocycles. The minimum atomic E-state index is -0.861. The fraction of sp³-hybridized carbons (Fsp3) is 0. The quantitative estimate of drug-likeness (QED) is 0.420. The average molecular weight is 188 g/mol. The number of hydrogen-bond acceptors (Lipinski definition) is 4. The molecule has 7 heteroatoms. The summed E-state index contributed by atoms with van der Waals surface area (Å²) in [6, 6.07) is 0. The van der Waals surface area contributed by atoms with E-state index in [2.05, 4.69) is 0 Å². The molecule has 0 aliphatic carbocycles. The van der Waals surface area contributed by atoms with E-state index in [0.717, 1.165) is 0 Å². The summed E-state index contributed by atoms with van der Waals surface area (Å²) in [5.74, 6) is 7.12. The Hall–Kier alpha value is -1.42. The normalized spacial score (nSPS) is 4.00. The summed E-state index contributed by atoms with van der Waals surface area (Å²) >= 11 is 0. The first-order valence-electron chi connectivity index (χ1n) is 2.89. The van der Waals surface area contributed by atoms with Crippen LogP contribution in [0.4, 0.5) is 0 Å². The predicted molar refractivity (Wildman–Crippen MR) is 39.5 cm³/mol. The van der Waals surface area contributed by atoms with Gasteiger partial charge in [-0.05, 0) is 0 Å². The van der Waals surface area contributed by atoms with Crippen LogP contribution >= 0.6 is 0 Å². The zero-order chi connectivity index (χ0) is 8.24. The Morgan fingerprint density at radius 2 is 0.818 bits per heavy atom. The summed E-state index contributed by atoms with van der Waals surface area (Å²) in [6.07, 6.45) is 0. The molecule has 0 amide bonds. The van der Waals surface area contributed by atoms with E-state index in [9.17, 15) is 0 Å². The van der Waals surface area contributed by atoms with Gasteiger partial charge in [-0.2, -0.15) is 0 Å². The maximum atomic E-state index is 7.65. The summed E-state index contributed by atoms with van der Waals surface area (Å²) in [5.41, 5.74) is 0. The van der Waals surface area contributed by atoms with E-state index in [0.29, 0.717) is 0 Å². The second-order valence-electron chi connectivity index (χ2n) is 1.39. The predicted octanol–water partition coefficient (Wildman–Crippen LogP) is -1.77. The van der Waals surface area contributed by atoms with Gasteiger partial charge in [0, 0.05) is 0 Å². The Kier molecular flexibility index (Phi) is 34.8. The molecule has 0 aromatic heterocycles. The summed E-state index contributed by atoms with van der Waals surface area (Å²) in [7, 11) is -1.72. The van der Waals surface area contributed by atoms with Gasteiger partial charge >= 0.3 is 16.5 Å². The third-order valence-corrected chi connectivity index (χ3v) is 0.447. The Labute approximate surface area is 76.4 Å². The first-order valence-corrected chi connectivity index (χ1v) is 2.89. The first-order chi connectivity index (χ1) is 4.83. The Morgan fingerprint density at radius 1 is 0.636 bits per heavy atom. The minimum Gasteiger partial charge on any atom is -0.249 e. The van der Waals surface area contributed by atoms with Gasteiger partial charge in [-0.15, -0.1) is 23.9 Å². The van der Waals surface area contributed by atoms with Crippen molar-refractivity contribution >= 4 is 14.6 Å². The molecule has 0 bridgehead atoms. The molecule has 0 aromatic carbocycles. The van der Waals surface area contributed by atoms with E-state index in [1.807, 2.05) is 0 Å². The summed E-state index contributed by atoms with van der Waals surface area (Å²) in [6.45, 7) is 0. The van der Waals surface area contributed by atoms with E-state index in [-0.39, 0.29) is 16.5 Å². The molecule has 0 rings (SSSR count). The van der Waals surface area contributed by atoms with Crippen LogP contribution in [0.15, 0.2) is 0 Å². The van der Waals surface area contributed by atoms with E-state index in [1.165, 1.54) is 0 Å².